The molecule has 2 N–H and O–H groups in total. The highest BCUT2D eigenvalue weighted by Crippen LogP contribution is 2.33. The molecule has 27 heavy (non-hydrogen) atoms. The molecule has 0 aromatic heterocycles. The van der Waals surface area contributed by atoms with E-state index in [-0.39, 0.29) is 36.6 Å². The largest absolute Gasteiger partial charge is 0.343 e. The number of carbonyl (C=O) groups is 2. The van der Waals surface area contributed by atoms with Gasteiger partial charge in [0.05, 0.1) is 6.04 Å². The SMILES string of the molecule is Cl.O=C(NC1CCN(c2c(F)cccc2F)C1=O)C1CC2CCCCC2N1. The Balaban J connectivity index is 0.00000210. The van der Waals surface area contributed by atoms with Gasteiger partial charge in [0.15, 0.2) is 0 Å². The van der Waals surface area contributed by atoms with Crippen LogP contribution in [0.15, 0.2) is 18.2 Å². The first kappa shape index (κ1) is 20.0. The van der Waals surface area contributed by atoms with E-state index in [1.54, 1.807) is 0 Å². The van der Waals surface area contributed by atoms with Crippen molar-refractivity contribution >= 4 is 29.9 Å². The molecule has 0 radical (unpaired) electrons. The first-order valence-corrected chi connectivity index (χ1v) is 9.36. The lowest BCUT2D eigenvalue weighted by atomic mass is 9.85. The van der Waals surface area contributed by atoms with E-state index < -0.39 is 23.6 Å². The van der Waals surface area contributed by atoms with Crippen LogP contribution in [0.2, 0.25) is 0 Å². The highest BCUT2D eigenvalue weighted by atomic mass is 35.5. The van der Waals surface area contributed by atoms with Crippen molar-refractivity contribution in [2.24, 2.45) is 5.92 Å². The lowest BCUT2D eigenvalue weighted by Crippen LogP contribution is -2.49. The van der Waals surface area contributed by atoms with Gasteiger partial charge in [-0.1, -0.05) is 18.9 Å². The van der Waals surface area contributed by atoms with Crippen molar-refractivity contribution in [3.05, 3.63) is 29.8 Å². The van der Waals surface area contributed by atoms with Crippen LogP contribution in [0.5, 0.6) is 0 Å². The summed E-state index contributed by atoms with van der Waals surface area (Å²) >= 11 is 0. The Morgan fingerprint density at radius 1 is 1.15 bits per heavy atom. The molecule has 1 aliphatic carbocycles. The molecule has 5 nitrogen and oxygen atoms in total. The van der Waals surface area contributed by atoms with Gasteiger partial charge in [-0.05, 0) is 43.7 Å². The number of amides is 2. The molecule has 2 aliphatic heterocycles. The lowest BCUT2D eigenvalue weighted by molar-refractivity contribution is -0.127. The number of benzene rings is 1. The third kappa shape index (κ3) is 3.80. The first-order valence-electron chi connectivity index (χ1n) is 9.36. The summed E-state index contributed by atoms with van der Waals surface area (Å²) in [5, 5.41) is 6.17. The van der Waals surface area contributed by atoms with E-state index in [4.69, 9.17) is 0 Å². The summed E-state index contributed by atoms with van der Waals surface area (Å²) in [5.74, 6) is -1.66. The van der Waals surface area contributed by atoms with Crippen molar-refractivity contribution in [1.29, 1.82) is 0 Å². The molecule has 1 aromatic rings. The van der Waals surface area contributed by atoms with E-state index in [0.29, 0.717) is 18.4 Å². The minimum absolute atomic E-state index is 0. The van der Waals surface area contributed by atoms with Gasteiger partial charge in [-0.15, -0.1) is 12.4 Å². The van der Waals surface area contributed by atoms with Gasteiger partial charge in [0.2, 0.25) is 11.8 Å². The van der Waals surface area contributed by atoms with Gasteiger partial charge in [-0.25, -0.2) is 8.78 Å². The van der Waals surface area contributed by atoms with E-state index in [0.717, 1.165) is 36.3 Å². The molecule has 2 heterocycles. The summed E-state index contributed by atoms with van der Waals surface area (Å²) in [4.78, 5) is 26.2. The fourth-order valence-corrected chi connectivity index (χ4v) is 4.58. The number of nitrogens with zero attached hydrogens (tertiary/aromatic N) is 1. The number of carbonyl (C=O) groups excluding carboxylic acids is 2. The van der Waals surface area contributed by atoms with Crippen LogP contribution in [0.25, 0.3) is 0 Å². The Hall–Kier alpha value is -1.73. The lowest BCUT2D eigenvalue weighted by Gasteiger charge is -2.24. The van der Waals surface area contributed by atoms with Crippen LogP contribution < -0.4 is 15.5 Å². The maximum atomic E-state index is 13.9. The number of nitrogens with one attached hydrogen (secondary N) is 2. The van der Waals surface area contributed by atoms with Crippen LogP contribution in [-0.4, -0.2) is 36.5 Å². The topological polar surface area (TPSA) is 61.4 Å². The minimum atomic E-state index is -0.771. The van der Waals surface area contributed by atoms with Gasteiger partial charge in [0.1, 0.15) is 23.4 Å². The van der Waals surface area contributed by atoms with Crippen LogP contribution in [0.1, 0.15) is 38.5 Å². The number of halogens is 3. The van der Waals surface area contributed by atoms with Gasteiger partial charge in [-0.3, -0.25) is 9.59 Å². The average Bonchev–Trinajstić information content (AvgIpc) is 3.20. The second kappa shape index (κ2) is 8.10. The van der Waals surface area contributed by atoms with Crippen molar-refractivity contribution in [2.45, 2.75) is 56.7 Å². The molecule has 4 rings (SSSR count). The van der Waals surface area contributed by atoms with Crippen LogP contribution in [-0.2, 0) is 9.59 Å². The number of para-hydroxylation sites is 1. The Bertz CT molecular complexity index is 699. The standard InChI is InChI=1S/C19H23F2N3O2.ClH/c20-12-5-3-6-13(21)17(12)24-9-8-15(19(24)26)23-18(25)16-10-11-4-1-2-7-14(11)22-16;/h3,5-6,11,14-16,22H,1-2,4,7-10H2,(H,23,25);1H. The molecule has 148 valence electrons. The maximum absolute atomic E-state index is 13.9. The summed E-state index contributed by atoms with van der Waals surface area (Å²) in [6, 6.07) is 2.90. The predicted molar refractivity (Wildman–Crippen MR) is 99.8 cm³/mol. The highest BCUT2D eigenvalue weighted by molar-refractivity contribution is 6.02. The van der Waals surface area contributed by atoms with Crippen molar-refractivity contribution in [3.63, 3.8) is 0 Å². The van der Waals surface area contributed by atoms with Crippen LogP contribution in [0.3, 0.4) is 0 Å². The molecule has 0 bridgehead atoms. The van der Waals surface area contributed by atoms with Crippen molar-refractivity contribution < 1.29 is 18.4 Å². The van der Waals surface area contributed by atoms with Gasteiger partial charge in [0.25, 0.3) is 0 Å². The third-order valence-corrected chi connectivity index (χ3v) is 5.91. The molecular weight excluding hydrogens is 376 g/mol. The molecule has 4 atom stereocenters. The summed E-state index contributed by atoms with van der Waals surface area (Å²) in [7, 11) is 0. The average molecular weight is 400 g/mol. The zero-order valence-corrected chi connectivity index (χ0v) is 15.7. The fraction of sp³-hybridized carbons (Fsp3) is 0.579. The third-order valence-electron chi connectivity index (χ3n) is 5.91. The normalized spacial score (nSPS) is 30.0. The van der Waals surface area contributed by atoms with E-state index in [1.165, 1.54) is 18.9 Å². The quantitative estimate of drug-likeness (QED) is 0.821. The summed E-state index contributed by atoms with van der Waals surface area (Å²) in [6.07, 6.45) is 5.77. The van der Waals surface area contributed by atoms with Crippen molar-refractivity contribution in [3.8, 4) is 0 Å². The van der Waals surface area contributed by atoms with Crippen molar-refractivity contribution in [1.82, 2.24) is 10.6 Å². The number of rotatable bonds is 3. The van der Waals surface area contributed by atoms with Gasteiger partial charge in [-0.2, -0.15) is 0 Å². The number of anilines is 1. The molecule has 1 saturated carbocycles. The molecule has 8 heteroatoms. The van der Waals surface area contributed by atoms with E-state index in [2.05, 4.69) is 10.6 Å². The van der Waals surface area contributed by atoms with Gasteiger partial charge < -0.3 is 15.5 Å². The predicted octanol–water partition coefficient (Wildman–Crippen LogP) is 2.53. The summed E-state index contributed by atoms with van der Waals surface area (Å²) < 4.78 is 27.9. The Kier molecular flexibility index (Phi) is 6.01. The Morgan fingerprint density at radius 2 is 1.85 bits per heavy atom. The summed E-state index contributed by atoms with van der Waals surface area (Å²) in [5.41, 5.74) is -0.334. The number of fused-ring (bicyclic) bond motifs is 1. The molecule has 2 amide bonds. The highest BCUT2D eigenvalue weighted by Gasteiger charge is 2.41. The maximum Gasteiger partial charge on any atom is 0.249 e. The van der Waals surface area contributed by atoms with Crippen LogP contribution in [0, 0.1) is 17.6 Å². The van der Waals surface area contributed by atoms with Gasteiger partial charge in [0, 0.05) is 12.6 Å². The second-order valence-corrected chi connectivity index (χ2v) is 7.52. The first-order chi connectivity index (χ1) is 12.5. The number of hydrogen-bond acceptors (Lipinski definition) is 3. The smallest absolute Gasteiger partial charge is 0.249 e. The molecule has 4 unspecified atom stereocenters. The van der Waals surface area contributed by atoms with Crippen LogP contribution >= 0.6 is 12.4 Å². The summed E-state index contributed by atoms with van der Waals surface area (Å²) in [6.45, 7) is 0.185. The Labute approximate surface area is 163 Å². The van der Waals surface area contributed by atoms with E-state index >= 15 is 0 Å². The van der Waals surface area contributed by atoms with E-state index in [1.807, 2.05) is 0 Å². The molecule has 0 spiro atoms. The monoisotopic (exact) mass is 399 g/mol. The second-order valence-electron chi connectivity index (χ2n) is 7.52. The fourth-order valence-electron chi connectivity index (χ4n) is 4.58. The van der Waals surface area contributed by atoms with E-state index in [9.17, 15) is 18.4 Å². The molecular formula is C19H24ClF2N3O2. The minimum Gasteiger partial charge on any atom is -0.343 e. The number of hydrogen-bond donors (Lipinski definition) is 2. The van der Waals surface area contributed by atoms with Gasteiger partial charge >= 0.3 is 0 Å². The van der Waals surface area contributed by atoms with Crippen molar-refractivity contribution in [2.75, 3.05) is 11.4 Å². The Morgan fingerprint density at radius 3 is 2.56 bits per heavy atom. The molecule has 3 aliphatic rings. The zero-order valence-electron chi connectivity index (χ0n) is 14.9. The molecule has 1 aromatic carbocycles. The molecule has 3 fully saturated rings. The zero-order chi connectivity index (χ0) is 18.3. The molecule has 2 saturated heterocycles. The van der Waals surface area contributed by atoms with Crippen LogP contribution in [0.4, 0.5) is 14.5 Å².